The smallest absolute Gasteiger partial charge is 0.410 e. The van der Waals surface area contributed by atoms with E-state index in [1.165, 1.54) is 5.69 Å². The summed E-state index contributed by atoms with van der Waals surface area (Å²) in [6.07, 6.45) is 2.91. The number of nitrogens with one attached hydrogen (secondary N) is 1. The normalized spacial score (nSPS) is 21.2. The minimum atomic E-state index is -0.459. The van der Waals surface area contributed by atoms with E-state index in [0.717, 1.165) is 75.3 Å². The van der Waals surface area contributed by atoms with Gasteiger partial charge in [-0.1, -0.05) is 13.8 Å². The van der Waals surface area contributed by atoms with Gasteiger partial charge in [-0.2, -0.15) is 5.10 Å². The van der Waals surface area contributed by atoms with Gasteiger partial charge in [-0.3, -0.25) is 24.5 Å². The number of anilines is 1. The zero-order chi connectivity index (χ0) is 29.0. The van der Waals surface area contributed by atoms with E-state index in [0.29, 0.717) is 18.8 Å². The topological polar surface area (TPSA) is 100 Å². The quantitative estimate of drug-likeness (QED) is 0.573. The van der Waals surface area contributed by atoms with E-state index in [1.807, 2.05) is 51.2 Å². The first-order valence-corrected chi connectivity index (χ1v) is 14.8. The average molecular weight is 555 g/mol. The van der Waals surface area contributed by atoms with Gasteiger partial charge >= 0.3 is 6.09 Å². The molecular weight excluding hydrogens is 508 g/mol. The number of carbonyl (C=O) groups is 3. The van der Waals surface area contributed by atoms with E-state index >= 15 is 0 Å². The number of aromatic nitrogens is 2. The van der Waals surface area contributed by atoms with Crippen molar-refractivity contribution in [3.8, 4) is 0 Å². The van der Waals surface area contributed by atoms with Gasteiger partial charge in [0.05, 0.1) is 17.1 Å². The fourth-order valence-corrected chi connectivity index (χ4v) is 5.86. The number of rotatable bonds is 4. The fourth-order valence-electron chi connectivity index (χ4n) is 5.86. The molecule has 2 aromatic rings. The Labute approximate surface area is 238 Å². The Morgan fingerprint density at radius 1 is 1.02 bits per heavy atom. The first-order chi connectivity index (χ1) is 19.1. The molecule has 0 aliphatic carbocycles. The molecule has 220 valence electrons. The van der Waals surface area contributed by atoms with Crippen LogP contribution in [0.2, 0.25) is 0 Å². The van der Waals surface area contributed by atoms with E-state index < -0.39 is 5.60 Å². The second-order valence-corrected chi connectivity index (χ2v) is 11.9. The van der Waals surface area contributed by atoms with Crippen molar-refractivity contribution in [1.29, 1.82) is 0 Å². The molecule has 10 nitrogen and oxygen atoms in total. The molecule has 3 saturated heterocycles. The van der Waals surface area contributed by atoms with Gasteiger partial charge in [0.2, 0.25) is 11.8 Å². The molecule has 1 unspecified atom stereocenters. The molecule has 0 radical (unpaired) electrons. The number of benzene rings is 1. The van der Waals surface area contributed by atoms with Gasteiger partial charge in [-0.05, 0) is 64.2 Å². The van der Waals surface area contributed by atoms with Crippen LogP contribution in [0.4, 0.5) is 10.5 Å². The standard InChI is InChI=1S/C28H40N6O4.C2H6/c1-28(2,3)38-27(37)34-15-13-32(14-16-34)18-19-9-11-33(12-10-19)20-5-6-21-23(17-20)31(4)30-25(21)22-7-8-24(35)29-26(22)36;1-2/h5-6,17,19,22H,7-16,18H2,1-4H3,(H,29,35,36);1-2H3. The second kappa shape index (κ2) is 12.6. The van der Waals surface area contributed by atoms with Gasteiger partial charge in [-0.15, -0.1) is 0 Å². The van der Waals surface area contributed by atoms with Gasteiger partial charge in [0.25, 0.3) is 0 Å². The number of carbonyl (C=O) groups excluding carboxylic acids is 3. The Kier molecular flexibility index (Phi) is 9.38. The van der Waals surface area contributed by atoms with Crippen molar-refractivity contribution in [3.05, 3.63) is 23.9 Å². The molecule has 10 heteroatoms. The summed E-state index contributed by atoms with van der Waals surface area (Å²) in [5.74, 6) is -0.193. The predicted molar refractivity (Wildman–Crippen MR) is 156 cm³/mol. The lowest BCUT2D eigenvalue weighted by atomic mass is 9.92. The third-order valence-electron chi connectivity index (χ3n) is 7.95. The number of hydrogen-bond donors (Lipinski definition) is 1. The number of ether oxygens (including phenoxy) is 1. The van der Waals surface area contributed by atoms with Crippen LogP contribution < -0.4 is 10.2 Å². The number of imide groups is 1. The van der Waals surface area contributed by atoms with Crippen molar-refractivity contribution in [1.82, 2.24) is 24.9 Å². The molecule has 40 heavy (non-hydrogen) atoms. The van der Waals surface area contributed by atoms with Crippen molar-refractivity contribution in [2.45, 2.75) is 71.8 Å². The molecule has 3 fully saturated rings. The van der Waals surface area contributed by atoms with Crippen LogP contribution in [0.3, 0.4) is 0 Å². The van der Waals surface area contributed by atoms with Crippen molar-refractivity contribution in [2.75, 3.05) is 50.7 Å². The molecule has 0 spiro atoms. The van der Waals surface area contributed by atoms with Crippen LogP contribution in [-0.2, 0) is 21.4 Å². The average Bonchev–Trinajstić information content (AvgIpc) is 3.25. The highest BCUT2D eigenvalue weighted by Gasteiger charge is 2.32. The van der Waals surface area contributed by atoms with Crippen LogP contribution in [0.25, 0.3) is 10.9 Å². The summed E-state index contributed by atoms with van der Waals surface area (Å²) < 4.78 is 7.37. The molecule has 1 aromatic carbocycles. The van der Waals surface area contributed by atoms with Crippen molar-refractivity contribution in [2.24, 2.45) is 13.0 Å². The van der Waals surface area contributed by atoms with E-state index in [1.54, 1.807) is 0 Å². The number of fused-ring (bicyclic) bond motifs is 1. The van der Waals surface area contributed by atoms with Crippen molar-refractivity contribution >= 4 is 34.5 Å². The summed E-state index contributed by atoms with van der Waals surface area (Å²) >= 11 is 0. The Morgan fingerprint density at radius 3 is 2.33 bits per heavy atom. The molecule has 1 N–H and O–H groups in total. The maximum absolute atomic E-state index is 12.4. The van der Waals surface area contributed by atoms with Gasteiger partial charge in [-0.25, -0.2) is 4.79 Å². The van der Waals surface area contributed by atoms with Crippen molar-refractivity contribution < 1.29 is 19.1 Å². The molecule has 3 aliphatic heterocycles. The van der Waals surface area contributed by atoms with Gasteiger partial charge in [0, 0.05) is 70.4 Å². The van der Waals surface area contributed by atoms with Crippen LogP contribution in [0.1, 0.15) is 71.9 Å². The summed E-state index contributed by atoms with van der Waals surface area (Å²) in [6.45, 7) is 16.0. The van der Waals surface area contributed by atoms with Crippen LogP contribution in [0, 0.1) is 5.92 Å². The maximum Gasteiger partial charge on any atom is 0.410 e. The van der Waals surface area contributed by atoms with Crippen LogP contribution in [-0.4, -0.2) is 88.9 Å². The van der Waals surface area contributed by atoms with Gasteiger partial charge in [0.1, 0.15) is 5.60 Å². The second-order valence-electron chi connectivity index (χ2n) is 11.9. The molecule has 4 heterocycles. The molecule has 3 aliphatic rings. The highest BCUT2D eigenvalue weighted by molar-refractivity contribution is 6.02. The van der Waals surface area contributed by atoms with Crippen LogP contribution in [0.5, 0.6) is 0 Å². The summed E-state index contributed by atoms with van der Waals surface area (Å²) in [7, 11) is 1.91. The third-order valence-corrected chi connectivity index (χ3v) is 7.95. The summed E-state index contributed by atoms with van der Waals surface area (Å²) in [4.78, 5) is 43.1. The zero-order valence-corrected chi connectivity index (χ0v) is 25.0. The van der Waals surface area contributed by atoms with E-state index in [-0.39, 0.29) is 23.8 Å². The molecule has 1 aromatic heterocycles. The predicted octanol–water partition coefficient (Wildman–Crippen LogP) is 3.89. The number of hydrogen-bond acceptors (Lipinski definition) is 7. The first-order valence-electron chi connectivity index (χ1n) is 14.8. The SMILES string of the molecule is CC.Cn1nc(C2CCC(=O)NC2=O)c2ccc(N3CCC(CN4CCN(C(=O)OC(C)(C)C)CC4)CC3)cc21. The lowest BCUT2D eigenvalue weighted by molar-refractivity contribution is -0.134. The third kappa shape index (κ3) is 6.95. The number of piperazine rings is 1. The molecule has 0 saturated carbocycles. The Morgan fingerprint density at radius 2 is 1.70 bits per heavy atom. The lowest BCUT2D eigenvalue weighted by Gasteiger charge is -2.39. The van der Waals surface area contributed by atoms with Crippen LogP contribution in [0.15, 0.2) is 18.2 Å². The van der Waals surface area contributed by atoms with Gasteiger partial charge < -0.3 is 14.5 Å². The number of piperidine rings is 2. The minimum absolute atomic E-state index is 0.208. The van der Waals surface area contributed by atoms with Gasteiger partial charge in [0.15, 0.2) is 0 Å². The summed E-state index contributed by atoms with van der Waals surface area (Å²) in [6, 6.07) is 6.39. The summed E-state index contributed by atoms with van der Waals surface area (Å²) in [5.41, 5.74) is 2.48. The highest BCUT2D eigenvalue weighted by atomic mass is 16.6. The molecule has 1 atom stereocenters. The fraction of sp³-hybridized carbons (Fsp3) is 0.667. The number of amides is 3. The van der Waals surface area contributed by atoms with Crippen LogP contribution >= 0.6 is 0 Å². The van der Waals surface area contributed by atoms with Crippen molar-refractivity contribution in [3.63, 3.8) is 0 Å². The number of nitrogens with zero attached hydrogens (tertiary/aromatic N) is 5. The number of aryl methyl sites for hydroxylation is 1. The van der Waals surface area contributed by atoms with E-state index in [4.69, 9.17) is 4.74 Å². The monoisotopic (exact) mass is 554 g/mol. The maximum atomic E-state index is 12.4. The zero-order valence-electron chi connectivity index (χ0n) is 25.0. The Hall–Kier alpha value is -3.14. The molecule has 5 rings (SSSR count). The largest absolute Gasteiger partial charge is 0.444 e. The Balaban J connectivity index is 0.00000181. The minimum Gasteiger partial charge on any atom is -0.444 e. The summed E-state index contributed by atoms with van der Waals surface area (Å²) in [5, 5.41) is 8.10. The van der Waals surface area contributed by atoms with E-state index in [9.17, 15) is 14.4 Å². The lowest BCUT2D eigenvalue weighted by Crippen LogP contribution is -2.51. The molecule has 0 bridgehead atoms. The molecular formula is C30H46N6O4. The Bertz CT molecular complexity index is 1200. The highest BCUT2D eigenvalue weighted by Crippen LogP contribution is 2.33. The van der Waals surface area contributed by atoms with E-state index in [2.05, 4.69) is 38.4 Å². The molecule has 3 amide bonds. The first kappa shape index (κ1) is 29.8.